The molecule has 2 atom stereocenters. The first-order chi connectivity index (χ1) is 9.88. The fourth-order valence-corrected chi connectivity index (χ4v) is 2.37. The number of nitrogens with two attached hydrogens (primary N) is 1. The van der Waals surface area contributed by atoms with Crippen LogP contribution in [0.25, 0.3) is 0 Å². The number of hydrogen-bond acceptors (Lipinski definition) is 3. The molecule has 2 rings (SSSR count). The van der Waals surface area contributed by atoms with Crippen molar-refractivity contribution in [2.24, 2.45) is 17.6 Å². The minimum absolute atomic E-state index is 0.0783. The van der Waals surface area contributed by atoms with Crippen molar-refractivity contribution in [2.75, 3.05) is 18.4 Å². The van der Waals surface area contributed by atoms with Gasteiger partial charge in [-0.3, -0.25) is 9.59 Å². The Kier molecular flexibility index (Phi) is 4.11. The van der Waals surface area contributed by atoms with Crippen LogP contribution in [0.1, 0.15) is 17.3 Å². The standard InChI is InChI=1S/C14H17N3O4/c1-8-6-17(7-11(8)13(19)20)14(21)16-10-4-2-9(3-5-10)12(15)18/h2-5,8,11H,6-7H2,1H3,(H2,15,18)(H,16,21)(H,19,20). The minimum atomic E-state index is -0.886. The highest BCUT2D eigenvalue weighted by atomic mass is 16.4. The van der Waals surface area contributed by atoms with Gasteiger partial charge in [-0.05, 0) is 30.2 Å². The van der Waals surface area contributed by atoms with Crippen molar-refractivity contribution in [1.82, 2.24) is 4.90 Å². The van der Waals surface area contributed by atoms with Crippen LogP contribution < -0.4 is 11.1 Å². The van der Waals surface area contributed by atoms with Gasteiger partial charge in [0.2, 0.25) is 5.91 Å². The molecule has 0 spiro atoms. The van der Waals surface area contributed by atoms with Crippen molar-refractivity contribution in [3.63, 3.8) is 0 Å². The van der Waals surface area contributed by atoms with E-state index in [2.05, 4.69) is 5.32 Å². The maximum atomic E-state index is 12.1. The zero-order valence-corrected chi connectivity index (χ0v) is 11.6. The van der Waals surface area contributed by atoms with E-state index in [1.807, 2.05) is 6.92 Å². The number of hydrogen-bond donors (Lipinski definition) is 3. The van der Waals surface area contributed by atoms with Crippen LogP contribution in [0.4, 0.5) is 10.5 Å². The third-order valence-corrected chi connectivity index (χ3v) is 3.64. The molecule has 0 saturated carbocycles. The van der Waals surface area contributed by atoms with Crippen LogP contribution in [0.5, 0.6) is 0 Å². The maximum absolute atomic E-state index is 12.1. The van der Waals surface area contributed by atoms with E-state index in [4.69, 9.17) is 10.8 Å². The molecule has 1 aromatic carbocycles. The second-order valence-corrected chi connectivity index (χ2v) is 5.20. The van der Waals surface area contributed by atoms with Gasteiger partial charge < -0.3 is 21.1 Å². The maximum Gasteiger partial charge on any atom is 0.321 e. The predicted molar refractivity (Wildman–Crippen MR) is 75.8 cm³/mol. The average molecular weight is 291 g/mol. The molecule has 1 aliphatic rings. The number of nitrogens with one attached hydrogen (secondary N) is 1. The lowest BCUT2D eigenvalue weighted by Crippen LogP contribution is -2.33. The molecule has 112 valence electrons. The fraction of sp³-hybridized carbons (Fsp3) is 0.357. The molecule has 4 N–H and O–H groups in total. The Morgan fingerprint density at radius 2 is 1.86 bits per heavy atom. The highest BCUT2D eigenvalue weighted by Gasteiger charge is 2.36. The summed E-state index contributed by atoms with van der Waals surface area (Å²) in [6.45, 7) is 2.41. The number of urea groups is 1. The highest BCUT2D eigenvalue weighted by molar-refractivity contribution is 5.94. The van der Waals surface area contributed by atoms with Crippen LogP contribution in [0.15, 0.2) is 24.3 Å². The molecule has 7 nitrogen and oxygen atoms in total. The van der Waals surface area contributed by atoms with Crippen LogP contribution in [-0.4, -0.2) is 41.0 Å². The molecular formula is C14H17N3O4. The van der Waals surface area contributed by atoms with Crippen molar-refractivity contribution in [1.29, 1.82) is 0 Å². The normalized spacial score (nSPS) is 21.1. The Morgan fingerprint density at radius 3 is 2.33 bits per heavy atom. The number of aliphatic carboxylic acids is 1. The third kappa shape index (κ3) is 3.31. The molecule has 21 heavy (non-hydrogen) atoms. The number of carboxylic acid groups (broad SMARTS) is 1. The monoisotopic (exact) mass is 291 g/mol. The van der Waals surface area contributed by atoms with Crippen LogP contribution in [-0.2, 0) is 4.79 Å². The molecule has 1 fully saturated rings. The zero-order chi connectivity index (χ0) is 15.6. The summed E-state index contributed by atoms with van der Waals surface area (Å²) in [5, 5.41) is 11.7. The van der Waals surface area contributed by atoms with Crippen LogP contribution in [0, 0.1) is 11.8 Å². The first kappa shape index (κ1) is 14.8. The summed E-state index contributed by atoms with van der Waals surface area (Å²) < 4.78 is 0. The molecule has 0 radical (unpaired) electrons. The topological polar surface area (TPSA) is 113 Å². The number of carboxylic acids is 1. The van der Waals surface area contributed by atoms with E-state index in [0.29, 0.717) is 17.8 Å². The fourth-order valence-electron chi connectivity index (χ4n) is 2.37. The smallest absolute Gasteiger partial charge is 0.321 e. The second-order valence-electron chi connectivity index (χ2n) is 5.20. The summed E-state index contributed by atoms with van der Waals surface area (Å²) in [6, 6.07) is 5.84. The zero-order valence-electron chi connectivity index (χ0n) is 11.6. The van der Waals surface area contributed by atoms with Gasteiger partial charge in [0.05, 0.1) is 5.92 Å². The summed E-state index contributed by atoms with van der Waals surface area (Å²) >= 11 is 0. The lowest BCUT2D eigenvalue weighted by atomic mass is 9.99. The summed E-state index contributed by atoms with van der Waals surface area (Å²) in [6.07, 6.45) is 0. The first-order valence-electron chi connectivity index (χ1n) is 6.57. The van der Waals surface area contributed by atoms with E-state index in [9.17, 15) is 14.4 Å². The van der Waals surface area contributed by atoms with Crippen molar-refractivity contribution in [2.45, 2.75) is 6.92 Å². The van der Waals surface area contributed by atoms with E-state index < -0.39 is 17.8 Å². The molecule has 0 bridgehead atoms. The van der Waals surface area contributed by atoms with Gasteiger partial charge >= 0.3 is 12.0 Å². The quantitative estimate of drug-likeness (QED) is 0.770. The number of carbonyl (C=O) groups excluding carboxylic acids is 2. The number of benzene rings is 1. The second kappa shape index (κ2) is 5.82. The van der Waals surface area contributed by atoms with Gasteiger partial charge in [-0.1, -0.05) is 6.92 Å². The van der Waals surface area contributed by atoms with Gasteiger partial charge in [-0.15, -0.1) is 0 Å². The summed E-state index contributed by atoms with van der Waals surface area (Å²) in [5.74, 6) is -2.03. The Balaban J connectivity index is 1.99. The SMILES string of the molecule is CC1CN(C(=O)Nc2ccc(C(N)=O)cc2)CC1C(=O)O. The van der Waals surface area contributed by atoms with Crippen LogP contribution in [0.2, 0.25) is 0 Å². The number of rotatable bonds is 3. The third-order valence-electron chi connectivity index (χ3n) is 3.64. The van der Waals surface area contributed by atoms with Gasteiger partial charge in [0.1, 0.15) is 0 Å². The number of carbonyl (C=O) groups is 3. The van der Waals surface area contributed by atoms with E-state index in [0.717, 1.165) is 0 Å². The number of anilines is 1. The van der Waals surface area contributed by atoms with E-state index in [1.165, 1.54) is 17.0 Å². The minimum Gasteiger partial charge on any atom is -0.481 e. The molecule has 1 aliphatic heterocycles. The number of primary amides is 1. The Morgan fingerprint density at radius 1 is 1.24 bits per heavy atom. The lowest BCUT2D eigenvalue weighted by molar-refractivity contribution is -0.142. The van der Waals surface area contributed by atoms with Crippen molar-refractivity contribution < 1.29 is 19.5 Å². The molecule has 0 aromatic heterocycles. The Bertz CT molecular complexity index is 570. The Labute approximate surface area is 121 Å². The molecular weight excluding hydrogens is 274 g/mol. The van der Waals surface area contributed by atoms with Crippen molar-refractivity contribution in [3.05, 3.63) is 29.8 Å². The largest absolute Gasteiger partial charge is 0.481 e. The average Bonchev–Trinajstić information content (AvgIpc) is 2.81. The van der Waals surface area contributed by atoms with Crippen molar-refractivity contribution >= 4 is 23.6 Å². The predicted octanol–water partition coefficient (Wildman–Crippen LogP) is 0.970. The van der Waals surface area contributed by atoms with Crippen LogP contribution in [0.3, 0.4) is 0 Å². The van der Waals surface area contributed by atoms with Gasteiger partial charge in [-0.2, -0.15) is 0 Å². The van der Waals surface area contributed by atoms with E-state index in [1.54, 1.807) is 12.1 Å². The van der Waals surface area contributed by atoms with Gasteiger partial charge in [-0.25, -0.2) is 4.79 Å². The molecule has 1 heterocycles. The summed E-state index contributed by atoms with van der Waals surface area (Å²) in [5.41, 5.74) is 6.01. The molecule has 0 aliphatic carbocycles. The number of likely N-dealkylation sites (tertiary alicyclic amines) is 1. The van der Waals surface area contributed by atoms with E-state index >= 15 is 0 Å². The van der Waals surface area contributed by atoms with E-state index in [-0.39, 0.29) is 18.5 Å². The number of nitrogens with zero attached hydrogens (tertiary/aromatic N) is 1. The molecule has 7 heteroatoms. The number of amides is 3. The van der Waals surface area contributed by atoms with Crippen molar-refractivity contribution in [3.8, 4) is 0 Å². The summed E-state index contributed by atoms with van der Waals surface area (Å²) in [4.78, 5) is 35.5. The first-order valence-corrected chi connectivity index (χ1v) is 6.57. The highest BCUT2D eigenvalue weighted by Crippen LogP contribution is 2.23. The summed E-state index contributed by atoms with van der Waals surface area (Å²) in [7, 11) is 0. The Hall–Kier alpha value is -2.57. The molecule has 2 unspecified atom stereocenters. The lowest BCUT2D eigenvalue weighted by Gasteiger charge is -2.17. The van der Waals surface area contributed by atoms with Crippen LogP contribution >= 0.6 is 0 Å². The molecule has 3 amide bonds. The van der Waals surface area contributed by atoms with Gasteiger partial charge in [0.15, 0.2) is 0 Å². The molecule has 1 saturated heterocycles. The molecule has 1 aromatic rings. The van der Waals surface area contributed by atoms with Gasteiger partial charge in [0.25, 0.3) is 0 Å². The van der Waals surface area contributed by atoms with Gasteiger partial charge in [0, 0.05) is 24.3 Å².